The smallest absolute Gasteiger partial charge is 0.245 e. The maximum Gasteiger partial charge on any atom is 0.245 e. The van der Waals surface area contributed by atoms with Gasteiger partial charge in [-0.3, -0.25) is 4.79 Å². The summed E-state index contributed by atoms with van der Waals surface area (Å²) in [5, 5.41) is 3.68. The molecule has 27 heavy (non-hydrogen) atoms. The summed E-state index contributed by atoms with van der Waals surface area (Å²) < 4.78 is 32.3. The largest absolute Gasteiger partial charge is 0.360 e. The highest BCUT2D eigenvalue weighted by molar-refractivity contribution is 7.89. The van der Waals surface area contributed by atoms with Crippen molar-refractivity contribution in [1.29, 1.82) is 0 Å². The molecule has 2 fully saturated rings. The quantitative estimate of drug-likeness (QED) is 0.806. The molecule has 2 aliphatic rings. The van der Waals surface area contributed by atoms with Crippen LogP contribution in [0.2, 0.25) is 0 Å². The predicted octanol–water partition coefficient (Wildman–Crippen LogP) is 1.44. The highest BCUT2D eigenvalue weighted by Gasteiger charge is 2.38. The van der Waals surface area contributed by atoms with E-state index < -0.39 is 10.0 Å². The number of nitrogens with zero attached hydrogens (tertiary/aromatic N) is 3. The van der Waals surface area contributed by atoms with E-state index in [2.05, 4.69) is 21.8 Å². The van der Waals surface area contributed by atoms with Crippen LogP contribution in [0.1, 0.15) is 50.0 Å². The summed E-state index contributed by atoms with van der Waals surface area (Å²) >= 11 is 0. The van der Waals surface area contributed by atoms with E-state index >= 15 is 0 Å². The third-order valence-electron chi connectivity index (χ3n) is 5.78. The van der Waals surface area contributed by atoms with Crippen LogP contribution >= 0.6 is 0 Å². The molecular formula is C18H30N4O4S. The zero-order chi connectivity index (χ0) is 19.6. The number of fused-ring (bicyclic) bond motifs is 1. The summed E-state index contributed by atoms with van der Waals surface area (Å²) in [6.07, 6.45) is 5.76. The van der Waals surface area contributed by atoms with Crippen molar-refractivity contribution in [2.24, 2.45) is 0 Å². The maximum atomic E-state index is 12.8. The van der Waals surface area contributed by atoms with Gasteiger partial charge in [-0.2, -0.15) is 0 Å². The van der Waals surface area contributed by atoms with Crippen LogP contribution in [-0.4, -0.2) is 68.0 Å². The Labute approximate surface area is 161 Å². The Kier molecular flexibility index (Phi) is 6.22. The average Bonchev–Trinajstić information content (AvgIpc) is 3.15. The van der Waals surface area contributed by atoms with Crippen LogP contribution in [0.4, 0.5) is 0 Å². The molecule has 1 aromatic rings. The molecule has 152 valence electrons. The molecule has 0 unspecified atom stereocenters. The van der Waals surface area contributed by atoms with Crippen LogP contribution in [0, 0.1) is 13.8 Å². The van der Waals surface area contributed by atoms with E-state index in [0.717, 1.165) is 32.4 Å². The van der Waals surface area contributed by atoms with Gasteiger partial charge in [-0.25, -0.2) is 13.1 Å². The third-order valence-corrected chi connectivity index (χ3v) is 7.48. The number of hydrogen-bond acceptors (Lipinski definition) is 6. The molecule has 0 spiro atoms. The van der Waals surface area contributed by atoms with Crippen molar-refractivity contribution >= 4 is 15.9 Å². The number of carbonyl (C=O) groups excluding carboxylic acids is 1. The zero-order valence-corrected chi connectivity index (χ0v) is 17.2. The molecule has 1 N–H and O–H groups in total. The van der Waals surface area contributed by atoms with Crippen molar-refractivity contribution in [3.05, 3.63) is 11.5 Å². The van der Waals surface area contributed by atoms with Crippen LogP contribution < -0.4 is 4.72 Å². The fourth-order valence-electron chi connectivity index (χ4n) is 4.43. The molecule has 0 saturated carbocycles. The van der Waals surface area contributed by atoms with Gasteiger partial charge in [0, 0.05) is 31.6 Å². The second-order valence-electron chi connectivity index (χ2n) is 7.64. The van der Waals surface area contributed by atoms with Gasteiger partial charge in [0.15, 0.2) is 5.76 Å². The lowest BCUT2D eigenvalue weighted by Crippen LogP contribution is -2.47. The lowest BCUT2D eigenvalue weighted by atomic mass is 9.97. The first kappa shape index (κ1) is 20.3. The number of amides is 1. The number of carbonyl (C=O) groups is 1. The van der Waals surface area contributed by atoms with Crippen LogP contribution in [-0.2, 0) is 14.8 Å². The lowest BCUT2D eigenvalue weighted by Gasteiger charge is -2.35. The molecule has 2 atom stereocenters. The van der Waals surface area contributed by atoms with E-state index in [1.54, 1.807) is 13.8 Å². The molecule has 0 aliphatic carbocycles. The fraction of sp³-hybridized carbons (Fsp3) is 0.778. The second-order valence-corrected chi connectivity index (χ2v) is 9.35. The van der Waals surface area contributed by atoms with Crippen molar-refractivity contribution < 1.29 is 17.7 Å². The normalized spacial score (nSPS) is 24.5. The number of aromatic nitrogens is 1. The van der Waals surface area contributed by atoms with Gasteiger partial charge in [-0.1, -0.05) is 18.0 Å². The van der Waals surface area contributed by atoms with Gasteiger partial charge in [-0.05, 0) is 46.7 Å². The van der Waals surface area contributed by atoms with E-state index in [9.17, 15) is 13.2 Å². The van der Waals surface area contributed by atoms with Gasteiger partial charge in [0.25, 0.3) is 0 Å². The molecule has 8 nitrogen and oxygen atoms in total. The lowest BCUT2D eigenvalue weighted by molar-refractivity contribution is -0.132. The zero-order valence-electron chi connectivity index (χ0n) is 16.4. The van der Waals surface area contributed by atoms with Crippen LogP contribution in [0.25, 0.3) is 0 Å². The molecule has 0 radical (unpaired) electrons. The van der Waals surface area contributed by atoms with E-state index in [-0.39, 0.29) is 35.6 Å². The molecule has 3 heterocycles. The summed E-state index contributed by atoms with van der Waals surface area (Å²) in [6.45, 7) is 5.07. The van der Waals surface area contributed by atoms with Crippen LogP contribution in [0.5, 0.6) is 0 Å². The minimum absolute atomic E-state index is 0.0259. The standard InChI is InChI=1S/C18H30N4O4S/c1-13-18(14(2)26-20-13)27(24,25)19-10-8-17(23)22-12-9-15-16(22)7-5-4-6-11-21(15)3/h15-16,19H,4-12H2,1-3H3/t15-,16+/m0/s1. The van der Waals surface area contributed by atoms with Crippen LogP contribution in [0.15, 0.2) is 9.42 Å². The average molecular weight is 399 g/mol. The number of likely N-dealkylation sites (N-methyl/N-ethyl adjacent to an activating group) is 1. The number of aryl methyl sites for hydroxylation is 2. The highest BCUT2D eigenvalue weighted by Crippen LogP contribution is 2.29. The Morgan fingerprint density at radius 1 is 1.19 bits per heavy atom. The van der Waals surface area contributed by atoms with Crippen LogP contribution in [0.3, 0.4) is 0 Å². The van der Waals surface area contributed by atoms with Crippen molar-refractivity contribution in [2.45, 2.75) is 69.4 Å². The second kappa shape index (κ2) is 8.28. The monoisotopic (exact) mass is 398 g/mol. The van der Waals surface area contributed by atoms with Gasteiger partial charge in [0.1, 0.15) is 10.6 Å². The first-order valence-electron chi connectivity index (χ1n) is 9.73. The number of rotatable bonds is 5. The minimum atomic E-state index is -3.73. The van der Waals surface area contributed by atoms with Crippen molar-refractivity contribution in [1.82, 2.24) is 19.7 Å². The molecule has 9 heteroatoms. The van der Waals surface area contributed by atoms with Crippen molar-refractivity contribution in [3.63, 3.8) is 0 Å². The van der Waals surface area contributed by atoms with Crippen molar-refractivity contribution in [3.8, 4) is 0 Å². The number of nitrogens with one attached hydrogen (secondary N) is 1. The van der Waals surface area contributed by atoms with Crippen molar-refractivity contribution in [2.75, 3.05) is 26.7 Å². The van der Waals surface area contributed by atoms with Gasteiger partial charge in [0.2, 0.25) is 15.9 Å². The highest BCUT2D eigenvalue weighted by atomic mass is 32.2. The maximum absolute atomic E-state index is 12.8. The summed E-state index contributed by atoms with van der Waals surface area (Å²) in [5.74, 6) is 0.282. The molecule has 1 aromatic heterocycles. The summed E-state index contributed by atoms with van der Waals surface area (Å²) in [6, 6.07) is 0.676. The minimum Gasteiger partial charge on any atom is -0.360 e. The van der Waals surface area contributed by atoms with E-state index in [1.807, 2.05) is 4.90 Å². The number of sulfonamides is 1. The van der Waals surface area contributed by atoms with Gasteiger partial charge < -0.3 is 14.3 Å². The fourth-order valence-corrected chi connectivity index (χ4v) is 5.79. The molecule has 3 rings (SSSR count). The number of likely N-dealkylation sites (tertiary alicyclic amines) is 2. The predicted molar refractivity (Wildman–Crippen MR) is 101 cm³/mol. The third kappa shape index (κ3) is 4.35. The first-order valence-corrected chi connectivity index (χ1v) is 11.2. The van der Waals surface area contributed by atoms with E-state index in [0.29, 0.717) is 11.7 Å². The Morgan fingerprint density at radius 2 is 1.96 bits per heavy atom. The Balaban J connectivity index is 1.58. The Bertz CT molecular complexity index is 757. The Hall–Kier alpha value is -1.45. The first-order chi connectivity index (χ1) is 12.8. The van der Waals surface area contributed by atoms with E-state index in [4.69, 9.17) is 4.52 Å². The molecule has 2 aliphatic heterocycles. The van der Waals surface area contributed by atoms with Gasteiger partial charge in [0.05, 0.1) is 0 Å². The van der Waals surface area contributed by atoms with Gasteiger partial charge in [-0.15, -0.1) is 0 Å². The number of hydrogen-bond donors (Lipinski definition) is 1. The summed E-state index contributed by atoms with van der Waals surface area (Å²) in [5.41, 5.74) is 0.325. The molecule has 0 aromatic carbocycles. The SMILES string of the molecule is Cc1noc(C)c1S(=O)(=O)NCCC(=O)N1CC[C@H]2[C@H]1CCCCCN2C. The van der Waals surface area contributed by atoms with E-state index in [1.165, 1.54) is 12.8 Å². The molecule has 2 saturated heterocycles. The molecule has 0 bridgehead atoms. The molecular weight excluding hydrogens is 368 g/mol. The summed E-state index contributed by atoms with van der Waals surface area (Å²) in [7, 11) is -1.58. The summed E-state index contributed by atoms with van der Waals surface area (Å²) in [4.78, 5) is 17.2. The Morgan fingerprint density at radius 3 is 2.67 bits per heavy atom. The van der Waals surface area contributed by atoms with Gasteiger partial charge >= 0.3 is 0 Å². The topological polar surface area (TPSA) is 95.8 Å². The molecule has 1 amide bonds.